The Kier molecular flexibility index (Phi) is 4.70. The van der Waals surface area contributed by atoms with Gasteiger partial charge in [0.05, 0.1) is 18.6 Å². The van der Waals surface area contributed by atoms with Crippen LogP contribution in [0.15, 0.2) is 5.10 Å². The molecule has 1 saturated heterocycles. The zero-order chi connectivity index (χ0) is 12.8. The predicted octanol–water partition coefficient (Wildman–Crippen LogP) is -2.25. The largest absolute Gasteiger partial charge is 0.480 e. The van der Waals surface area contributed by atoms with E-state index in [0.717, 1.165) is 0 Å². The molecule has 0 radical (unpaired) electrons. The number of carbonyl (C=O) groups excluding carboxylic acids is 1. The first-order valence-electron chi connectivity index (χ1n) is 5.22. The predicted molar refractivity (Wildman–Crippen MR) is 61.3 cm³/mol. The van der Waals surface area contributed by atoms with Crippen LogP contribution in [0.3, 0.4) is 0 Å². The number of nitrogens with zero attached hydrogens (tertiary/aromatic N) is 2. The molecular formula is C9H17N5O3. The number of hydrogen-bond donors (Lipinski definition) is 4. The van der Waals surface area contributed by atoms with Crippen molar-refractivity contribution in [3.8, 4) is 0 Å². The van der Waals surface area contributed by atoms with Crippen LogP contribution in [0.1, 0.15) is 6.92 Å². The summed E-state index contributed by atoms with van der Waals surface area (Å²) >= 11 is 0. The lowest BCUT2D eigenvalue weighted by atomic mass is 10.2. The first kappa shape index (κ1) is 13.2. The van der Waals surface area contributed by atoms with E-state index in [9.17, 15) is 9.59 Å². The lowest BCUT2D eigenvalue weighted by Crippen LogP contribution is -2.48. The van der Waals surface area contributed by atoms with Gasteiger partial charge in [-0.1, -0.05) is 0 Å². The van der Waals surface area contributed by atoms with Gasteiger partial charge in [-0.15, -0.1) is 0 Å². The Bertz CT molecular complexity index is 320. The third-order valence-corrected chi connectivity index (χ3v) is 2.51. The lowest BCUT2D eigenvalue weighted by molar-refractivity contribution is -0.138. The van der Waals surface area contributed by atoms with Crippen LogP contribution in [0.2, 0.25) is 0 Å². The van der Waals surface area contributed by atoms with E-state index in [-0.39, 0.29) is 24.5 Å². The number of carboxylic acids is 1. The molecule has 0 unspecified atom stereocenters. The van der Waals surface area contributed by atoms with E-state index in [0.29, 0.717) is 13.1 Å². The fourth-order valence-corrected chi connectivity index (χ4v) is 1.92. The van der Waals surface area contributed by atoms with E-state index < -0.39 is 5.97 Å². The Hall–Kier alpha value is -1.83. The molecule has 8 nitrogen and oxygen atoms in total. The van der Waals surface area contributed by atoms with Gasteiger partial charge >= 0.3 is 5.97 Å². The standard InChI is InChI=1S/C9H17N5O3/c1-6(15)13-8-3-14(4-9(16)17)2-7(8)11-5-12-10/h5,7-8H,2-4,10H2,1H3,(H,11,12)(H,13,15)(H,16,17)/t7-,8-/m1/s1. The number of carboxylic acid groups (broad SMARTS) is 1. The first-order valence-corrected chi connectivity index (χ1v) is 5.22. The highest BCUT2D eigenvalue weighted by Gasteiger charge is 2.33. The third kappa shape index (κ3) is 4.27. The summed E-state index contributed by atoms with van der Waals surface area (Å²) in [6.45, 7) is 2.38. The molecule has 17 heavy (non-hydrogen) atoms. The zero-order valence-electron chi connectivity index (χ0n) is 9.59. The van der Waals surface area contributed by atoms with Crippen molar-refractivity contribution in [3.05, 3.63) is 0 Å². The van der Waals surface area contributed by atoms with Gasteiger partial charge < -0.3 is 21.6 Å². The highest BCUT2D eigenvalue weighted by atomic mass is 16.4. The smallest absolute Gasteiger partial charge is 0.317 e. The van der Waals surface area contributed by atoms with Gasteiger partial charge in [-0.05, 0) is 0 Å². The van der Waals surface area contributed by atoms with Crippen molar-refractivity contribution in [2.45, 2.75) is 19.0 Å². The molecule has 96 valence electrons. The average Bonchev–Trinajstić information content (AvgIpc) is 2.55. The summed E-state index contributed by atoms with van der Waals surface area (Å²) in [4.78, 5) is 23.4. The number of amides is 1. The van der Waals surface area contributed by atoms with Gasteiger partial charge in [0.15, 0.2) is 0 Å². The third-order valence-electron chi connectivity index (χ3n) is 2.51. The number of likely N-dealkylation sites (tertiary alicyclic amines) is 1. The molecule has 1 aliphatic heterocycles. The van der Waals surface area contributed by atoms with Crippen LogP contribution < -0.4 is 16.5 Å². The van der Waals surface area contributed by atoms with E-state index in [1.807, 2.05) is 0 Å². The molecule has 1 aliphatic rings. The fourth-order valence-electron chi connectivity index (χ4n) is 1.92. The SMILES string of the molecule is CC(=O)N[C@@H]1CN(CC(=O)O)C[C@H]1NC=NN. The minimum Gasteiger partial charge on any atom is -0.480 e. The first-order chi connectivity index (χ1) is 8.02. The second kappa shape index (κ2) is 6.04. The van der Waals surface area contributed by atoms with E-state index >= 15 is 0 Å². The number of hydrogen-bond acceptors (Lipinski definition) is 5. The van der Waals surface area contributed by atoms with Gasteiger partial charge in [0, 0.05) is 20.0 Å². The molecule has 0 aromatic heterocycles. The second-order valence-corrected chi connectivity index (χ2v) is 3.95. The van der Waals surface area contributed by atoms with Crippen LogP contribution in [0.25, 0.3) is 0 Å². The molecule has 0 aromatic rings. The molecule has 0 bridgehead atoms. The Morgan fingerprint density at radius 3 is 2.71 bits per heavy atom. The quantitative estimate of drug-likeness (QED) is 0.187. The van der Waals surface area contributed by atoms with E-state index in [1.165, 1.54) is 13.3 Å². The van der Waals surface area contributed by atoms with Gasteiger partial charge in [0.25, 0.3) is 0 Å². The molecule has 0 aliphatic carbocycles. The van der Waals surface area contributed by atoms with E-state index in [4.69, 9.17) is 10.9 Å². The number of nitrogens with one attached hydrogen (secondary N) is 2. The molecule has 0 saturated carbocycles. The van der Waals surface area contributed by atoms with Gasteiger partial charge in [-0.3, -0.25) is 14.5 Å². The molecule has 1 amide bonds. The van der Waals surface area contributed by atoms with Crippen molar-refractivity contribution in [1.82, 2.24) is 15.5 Å². The Morgan fingerprint density at radius 2 is 2.18 bits per heavy atom. The Balaban J connectivity index is 2.57. The summed E-state index contributed by atoms with van der Waals surface area (Å²) in [5.74, 6) is 3.94. The molecule has 5 N–H and O–H groups in total. The highest BCUT2D eigenvalue weighted by molar-refractivity contribution is 5.73. The Labute approximate surface area is 98.8 Å². The van der Waals surface area contributed by atoms with Crippen LogP contribution in [-0.4, -0.2) is 59.9 Å². The van der Waals surface area contributed by atoms with Crippen LogP contribution in [0, 0.1) is 0 Å². The van der Waals surface area contributed by atoms with Crippen LogP contribution in [-0.2, 0) is 9.59 Å². The lowest BCUT2D eigenvalue weighted by Gasteiger charge is -2.18. The van der Waals surface area contributed by atoms with Crippen molar-refractivity contribution in [3.63, 3.8) is 0 Å². The molecule has 1 rings (SSSR count). The number of carbonyl (C=O) groups is 2. The van der Waals surface area contributed by atoms with Crippen molar-refractivity contribution >= 4 is 18.2 Å². The summed E-state index contributed by atoms with van der Waals surface area (Å²) < 4.78 is 0. The van der Waals surface area contributed by atoms with E-state index in [2.05, 4.69) is 15.7 Å². The molecule has 0 spiro atoms. The summed E-state index contributed by atoms with van der Waals surface area (Å²) in [5.41, 5.74) is 0. The number of rotatable bonds is 5. The number of hydrazone groups is 1. The van der Waals surface area contributed by atoms with Gasteiger partial charge in [0.1, 0.15) is 6.34 Å². The van der Waals surface area contributed by atoms with Crippen molar-refractivity contribution in [1.29, 1.82) is 0 Å². The maximum absolute atomic E-state index is 11.0. The maximum atomic E-state index is 11.0. The average molecular weight is 243 g/mol. The molecular weight excluding hydrogens is 226 g/mol. The monoisotopic (exact) mass is 243 g/mol. The van der Waals surface area contributed by atoms with Crippen LogP contribution >= 0.6 is 0 Å². The summed E-state index contributed by atoms with van der Waals surface area (Å²) in [7, 11) is 0. The molecule has 1 fully saturated rings. The molecule has 8 heteroatoms. The topological polar surface area (TPSA) is 120 Å². The minimum atomic E-state index is -0.889. The maximum Gasteiger partial charge on any atom is 0.317 e. The zero-order valence-corrected chi connectivity index (χ0v) is 9.59. The second-order valence-electron chi connectivity index (χ2n) is 3.95. The van der Waals surface area contributed by atoms with Crippen LogP contribution in [0.4, 0.5) is 0 Å². The van der Waals surface area contributed by atoms with Gasteiger partial charge in [0.2, 0.25) is 5.91 Å². The minimum absolute atomic E-state index is 0.0476. The van der Waals surface area contributed by atoms with Crippen LogP contribution in [0.5, 0.6) is 0 Å². The fraction of sp³-hybridized carbons (Fsp3) is 0.667. The summed E-state index contributed by atoms with van der Waals surface area (Å²) in [5, 5.41) is 17.7. The van der Waals surface area contributed by atoms with E-state index in [1.54, 1.807) is 4.90 Å². The van der Waals surface area contributed by atoms with Crippen molar-refractivity contribution < 1.29 is 14.7 Å². The number of nitrogens with two attached hydrogens (primary N) is 1. The van der Waals surface area contributed by atoms with Crippen molar-refractivity contribution in [2.24, 2.45) is 10.9 Å². The molecule has 0 aromatic carbocycles. The summed E-state index contributed by atoms with van der Waals surface area (Å²) in [6, 6.07) is -0.240. The van der Waals surface area contributed by atoms with Gasteiger partial charge in [-0.25, -0.2) is 0 Å². The normalized spacial score (nSPS) is 25.0. The van der Waals surface area contributed by atoms with Crippen molar-refractivity contribution in [2.75, 3.05) is 19.6 Å². The highest BCUT2D eigenvalue weighted by Crippen LogP contribution is 2.09. The Morgan fingerprint density at radius 1 is 1.53 bits per heavy atom. The molecule has 1 heterocycles. The molecule has 2 atom stereocenters. The summed E-state index contributed by atoms with van der Waals surface area (Å²) in [6.07, 6.45) is 1.34. The van der Waals surface area contributed by atoms with Gasteiger partial charge in [-0.2, -0.15) is 5.10 Å². The number of aliphatic carboxylic acids is 1.